The number of rotatable bonds is 5. The lowest BCUT2D eigenvalue weighted by atomic mass is 9.65. The fourth-order valence-corrected chi connectivity index (χ4v) is 3.05. The van der Waals surface area contributed by atoms with Gasteiger partial charge in [0.25, 0.3) is 0 Å². The van der Waals surface area contributed by atoms with E-state index in [1.54, 1.807) is 0 Å². The topological polar surface area (TPSA) is 66.0 Å². The molecule has 0 aromatic rings. The van der Waals surface area contributed by atoms with E-state index in [1.165, 1.54) is 12.8 Å². The Kier molecular flexibility index (Phi) is 7.19. The maximum atomic E-state index is 11.7. The molecule has 1 aliphatic heterocycles. The molecule has 1 heterocycles. The molecule has 24 heavy (non-hydrogen) atoms. The first kappa shape index (κ1) is 21.3. The van der Waals surface area contributed by atoms with Crippen molar-refractivity contribution in [3.8, 4) is 0 Å². The van der Waals surface area contributed by atoms with Gasteiger partial charge in [-0.15, -0.1) is 24.0 Å². The first-order valence-corrected chi connectivity index (χ1v) is 8.64. The van der Waals surface area contributed by atoms with Gasteiger partial charge in [0.1, 0.15) is 0 Å². The Morgan fingerprint density at radius 3 is 2.38 bits per heavy atom. The maximum absolute atomic E-state index is 11.7. The van der Waals surface area contributed by atoms with Gasteiger partial charge in [0.2, 0.25) is 0 Å². The third-order valence-corrected chi connectivity index (χ3v) is 5.60. The van der Waals surface area contributed by atoms with Crippen LogP contribution >= 0.6 is 24.0 Å². The standard InChI is InChI=1S/C17H32N4O2.HI/c1-7-23-15(22)20-13(12-8-9-12)10-19-14(18-6)21-11-16(2,3)17(21,4)5;/h12-13H,7-11H2,1-6H3,(H,18,19)(H,20,22);1H. The number of halogens is 1. The van der Waals surface area contributed by atoms with Crippen LogP contribution in [-0.2, 0) is 4.74 Å². The average Bonchev–Trinajstić information content (AvgIpc) is 3.30. The summed E-state index contributed by atoms with van der Waals surface area (Å²) in [5, 5.41) is 6.41. The van der Waals surface area contributed by atoms with Crippen LogP contribution in [0.25, 0.3) is 0 Å². The summed E-state index contributed by atoms with van der Waals surface area (Å²) in [6.45, 7) is 13.0. The highest BCUT2D eigenvalue weighted by Crippen LogP contribution is 2.46. The van der Waals surface area contributed by atoms with E-state index in [0.29, 0.717) is 19.1 Å². The smallest absolute Gasteiger partial charge is 0.407 e. The molecule has 1 saturated carbocycles. The van der Waals surface area contributed by atoms with E-state index in [2.05, 4.69) is 48.2 Å². The van der Waals surface area contributed by atoms with Crippen molar-refractivity contribution in [2.45, 2.75) is 59.0 Å². The van der Waals surface area contributed by atoms with Crippen LogP contribution < -0.4 is 10.6 Å². The second kappa shape index (κ2) is 8.10. The van der Waals surface area contributed by atoms with Crippen molar-refractivity contribution in [2.24, 2.45) is 16.3 Å². The number of nitrogens with zero attached hydrogens (tertiary/aromatic N) is 2. The molecular formula is C17H33IN4O2. The molecule has 0 radical (unpaired) electrons. The van der Waals surface area contributed by atoms with Crippen LogP contribution in [0.15, 0.2) is 4.99 Å². The van der Waals surface area contributed by atoms with E-state index < -0.39 is 0 Å². The first-order valence-electron chi connectivity index (χ1n) is 8.64. The van der Waals surface area contributed by atoms with E-state index in [9.17, 15) is 4.79 Å². The third kappa shape index (κ3) is 4.46. The SMILES string of the molecule is CCOC(=O)NC(CNC(=NC)N1CC(C)(C)C1(C)C)C1CC1.I. The number of carbonyl (C=O) groups excluding carboxylic acids is 1. The predicted octanol–water partition coefficient (Wildman–Crippen LogP) is 2.82. The Bertz CT molecular complexity index is 475. The van der Waals surface area contributed by atoms with Gasteiger partial charge in [-0.05, 0) is 39.5 Å². The molecule has 2 aliphatic rings. The van der Waals surface area contributed by atoms with Crippen molar-refractivity contribution >= 4 is 36.0 Å². The lowest BCUT2D eigenvalue weighted by Gasteiger charge is -2.62. The summed E-state index contributed by atoms with van der Waals surface area (Å²) in [5.41, 5.74) is 0.336. The molecule has 1 aliphatic carbocycles. The summed E-state index contributed by atoms with van der Waals surface area (Å²) in [7, 11) is 1.81. The van der Waals surface area contributed by atoms with Gasteiger partial charge < -0.3 is 20.3 Å². The number of carbonyl (C=O) groups is 1. The van der Waals surface area contributed by atoms with E-state index >= 15 is 0 Å². The highest BCUT2D eigenvalue weighted by molar-refractivity contribution is 14.0. The fourth-order valence-electron chi connectivity index (χ4n) is 3.05. The Morgan fingerprint density at radius 2 is 1.96 bits per heavy atom. The summed E-state index contributed by atoms with van der Waals surface area (Å²) in [5.74, 6) is 1.46. The van der Waals surface area contributed by atoms with Gasteiger partial charge in [-0.1, -0.05) is 13.8 Å². The summed E-state index contributed by atoms with van der Waals surface area (Å²) in [4.78, 5) is 18.4. The molecule has 6 nitrogen and oxygen atoms in total. The van der Waals surface area contributed by atoms with Crippen molar-refractivity contribution in [1.29, 1.82) is 0 Å². The van der Waals surface area contributed by atoms with E-state index in [1.807, 2.05) is 14.0 Å². The predicted molar refractivity (Wildman–Crippen MR) is 108 cm³/mol. The van der Waals surface area contributed by atoms with Crippen LogP contribution in [0.3, 0.4) is 0 Å². The lowest BCUT2D eigenvalue weighted by molar-refractivity contribution is -0.0667. The van der Waals surface area contributed by atoms with Crippen molar-refractivity contribution in [2.75, 3.05) is 26.7 Å². The second-order valence-electron chi connectivity index (χ2n) is 7.77. The molecule has 1 amide bonds. The fraction of sp³-hybridized carbons (Fsp3) is 0.882. The average molecular weight is 452 g/mol. The number of nitrogens with one attached hydrogen (secondary N) is 2. The lowest BCUT2D eigenvalue weighted by Crippen LogP contribution is -2.72. The van der Waals surface area contributed by atoms with E-state index in [4.69, 9.17) is 4.74 Å². The number of ether oxygens (including phenoxy) is 1. The monoisotopic (exact) mass is 452 g/mol. The summed E-state index contributed by atoms with van der Waals surface area (Å²) in [6, 6.07) is 0.100. The second-order valence-corrected chi connectivity index (χ2v) is 7.77. The van der Waals surface area contributed by atoms with Crippen LogP contribution in [0, 0.1) is 11.3 Å². The molecule has 0 aromatic carbocycles. The van der Waals surface area contributed by atoms with Crippen molar-refractivity contribution in [3.05, 3.63) is 0 Å². The van der Waals surface area contributed by atoms with Gasteiger partial charge in [0.15, 0.2) is 5.96 Å². The number of guanidine groups is 1. The normalized spacial score (nSPS) is 22.8. The molecule has 1 atom stereocenters. The van der Waals surface area contributed by atoms with Crippen LogP contribution in [0.4, 0.5) is 4.79 Å². The number of aliphatic imine (C=N–C) groups is 1. The highest BCUT2D eigenvalue weighted by atomic mass is 127. The molecule has 140 valence electrons. The van der Waals surface area contributed by atoms with E-state index in [0.717, 1.165) is 12.5 Å². The van der Waals surface area contributed by atoms with Gasteiger partial charge in [0, 0.05) is 31.1 Å². The van der Waals surface area contributed by atoms with Gasteiger partial charge >= 0.3 is 6.09 Å². The molecule has 7 heteroatoms. The third-order valence-electron chi connectivity index (χ3n) is 5.60. The zero-order valence-corrected chi connectivity index (χ0v) is 18.1. The van der Waals surface area contributed by atoms with Crippen LogP contribution in [0.1, 0.15) is 47.5 Å². The quantitative estimate of drug-likeness (QED) is 0.383. The summed E-state index contributed by atoms with van der Waals surface area (Å²) < 4.78 is 5.01. The number of alkyl carbamates (subject to hydrolysis) is 1. The molecule has 0 aromatic heterocycles. The zero-order valence-electron chi connectivity index (χ0n) is 15.8. The highest BCUT2D eigenvalue weighted by Gasteiger charge is 2.53. The van der Waals surface area contributed by atoms with Crippen LogP contribution in [0.5, 0.6) is 0 Å². The number of likely N-dealkylation sites (tertiary alicyclic amines) is 1. The molecule has 1 saturated heterocycles. The molecular weight excluding hydrogens is 419 g/mol. The van der Waals surface area contributed by atoms with Gasteiger partial charge in [-0.25, -0.2) is 4.79 Å². The molecule has 2 N–H and O–H groups in total. The molecule has 1 unspecified atom stereocenters. The first-order chi connectivity index (χ1) is 10.7. The molecule has 2 rings (SSSR count). The Balaban J connectivity index is 0.00000288. The maximum Gasteiger partial charge on any atom is 0.407 e. The molecule has 0 spiro atoms. The number of amides is 1. The Labute approximate surface area is 163 Å². The van der Waals surface area contributed by atoms with E-state index in [-0.39, 0.29) is 47.1 Å². The summed E-state index contributed by atoms with van der Waals surface area (Å²) in [6.07, 6.45) is 2.01. The minimum atomic E-state index is -0.327. The Hall–Kier alpha value is -0.730. The van der Waals surface area contributed by atoms with Crippen LogP contribution in [0.2, 0.25) is 0 Å². The zero-order chi connectivity index (χ0) is 17.3. The van der Waals surface area contributed by atoms with Crippen molar-refractivity contribution in [3.63, 3.8) is 0 Å². The number of hydrogen-bond donors (Lipinski definition) is 2. The summed E-state index contributed by atoms with van der Waals surface area (Å²) >= 11 is 0. The Morgan fingerprint density at radius 1 is 1.33 bits per heavy atom. The largest absolute Gasteiger partial charge is 0.450 e. The number of hydrogen-bond acceptors (Lipinski definition) is 3. The van der Waals surface area contributed by atoms with Gasteiger partial charge in [-0.3, -0.25) is 4.99 Å². The van der Waals surface area contributed by atoms with Crippen molar-refractivity contribution in [1.82, 2.24) is 15.5 Å². The minimum absolute atomic E-state index is 0. The molecule has 2 fully saturated rings. The molecule has 0 bridgehead atoms. The minimum Gasteiger partial charge on any atom is -0.450 e. The van der Waals surface area contributed by atoms with Gasteiger partial charge in [-0.2, -0.15) is 0 Å². The van der Waals surface area contributed by atoms with Gasteiger partial charge in [0.05, 0.1) is 12.6 Å². The van der Waals surface area contributed by atoms with Crippen LogP contribution in [-0.4, -0.2) is 55.3 Å². The van der Waals surface area contributed by atoms with Crippen molar-refractivity contribution < 1.29 is 9.53 Å².